The van der Waals surface area contributed by atoms with Gasteiger partial charge in [0, 0.05) is 10.7 Å². The third-order valence-corrected chi connectivity index (χ3v) is 2.33. The predicted octanol–water partition coefficient (Wildman–Crippen LogP) is 3.61. The molecule has 1 N–H and O–H groups in total. The Labute approximate surface area is 98.3 Å². The summed E-state index contributed by atoms with van der Waals surface area (Å²) in [5.74, 6) is 0.586. The van der Waals surface area contributed by atoms with Crippen molar-refractivity contribution >= 4 is 17.3 Å². The Bertz CT molecular complexity index is 502. The number of anilines is 1. The zero-order valence-electron chi connectivity index (χ0n) is 8.35. The maximum absolute atomic E-state index is 9.02. The maximum atomic E-state index is 9.02. The average molecular weight is 233 g/mol. The maximum Gasteiger partial charge on any atom is 0.173 e. The van der Waals surface area contributed by atoms with E-state index in [9.17, 15) is 0 Å². The van der Waals surface area contributed by atoms with Crippen LogP contribution in [0.4, 0.5) is 5.69 Å². The van der Waals surface area contributed by atoms with E-state index in [1.54, 1.807) is 30.5 Å². The topological polar surface area (TPSA) is 49.0 Å². The van der Waals surface area contributed by atoms with Crippen molar-refractivity contribution < 1.29 is 4.42 Å². The van der Waals surface area contributed by atoms with Gasteiger partial charge in [0.2, 0.25) is 0 Å². The molecule has 0 saturated heterocycles. The second-order valence-corrected chi connectivity index (χ2v) is 3.67. The molecule has 0 amide bonds. The molecule has 0 aliphatic heterocycles. The van der Waals surface area contributed by atoms with Crippen molar-refractivity contribution in [2.24, 2.45) is 0 Å². The number of hydrogen-bond donors (Lipinski definition) is 1. The van der Waals surface area contributed by atoms with Gasteiger partial charge in [-0.2, -0.15) is 5.26 Å². The summed E-state index contributed by atoms with van der Waals surface area (Å²) in [6.45, 7) is 0. The summed E-state index contributed by atoms with van der Waals surface area (Å²) in [7, 11) is 0. The van der Waals surface area contributed by atoms with E-state index in [-0.39, 0.29) is 0 Å². The van der Waals surface area contributed by atoms with Crippen LogP contribution in [0.15, 0.2) is 47.1 Å². The first-order chi connectivity index (χ1) is 7.79. The van der Waals surface area contributed by atoms with Gasteiger partial charge in [-0.05, 0) is 30.3 Å². The summed E-state index contributed by atoms with van der Waals surface area (Å²) in [6, 6.07) is 12.3. The van der Waals surface area contributed by atoms with Crippen LogP contribution in [0.1, 0.15) is 11.8 Å². The molecule has 1 unspecified atom stereocenters. The van der Waals surface area contributed by atoms with E-state index < -0.39 is 6.04 Å². The van der Waals surface area contributed by atoms with Gasteiger partial charge in [-0.25, -0.2) is 0 Å². The predicted molar refractivity (Wildman–Crippen MR) is 62.1 cm³/mol. The molecule has 80 valence electrons. The van der Waals surface area contributed by atoms with Crippen molar-refractivity contribution in [2.45, 2.75) is 6.04 Å². The number of benzene rings is 1. The van der Waals surface area contributed by atoms with E-state index in [2.05, 4.69) is 11.4 Å². The lowest BCUT2D eigenvalue weighted by Crippen LogP contribution is -2.07. The third-order valence-electron chi connectivity index (χ3n) is 2.09. The SMILES string of the molecule is N#CC(Nc1cccc(Cl)c1)c1ccco1. The number of halogens is 1. The standard InChI is InChI=1S/C12H9ClN2O/c13-9-3-1-4-10(7-9)15-11(8-14)12-5-2-6-16-12/h1-7,11,15H. The molecule has 1 aromatic carbocycles. The van der Waals surface area contributed by atoms with Gasteiger partial charge in [0.15, 0.2) is 6.04 Å². The molecule has 1 heterocycles. The molecule has 2 aromatic rings. The molecule has 0 aliphatic rings. The molecule has 16 heavy (non-hydrogen) atoms. The Morgan fingerprint density at radius 1 is 1.31 bits per heavy atom. The van der Waals surface area contributed by atoms with E-state index in [0.29, 0.717) is 10.8 Å². The first-order valence-corrected chi connectivity index (χ1v) is 5.12. The van der Waals surface area contributed by atoms with E-state index >= 15 is 0 Å². The second-order valence-electron chi connectivity index (χ2n) is 3.23. The molecule has 0 bridgehead atoms. The van der Waals surface area contributed by atoms with Crippen molar-refractivity contribution in [2.75, 3.05) is 5.32 Å². The summed E-state index contributed by atoms with van der Waals surface area (Å²) < 4.78 is 5.17. The Morgan fingerprint density at radius 3 is 2.81 bits per heavy atom. The number of nitrogens with one attached hydrogen (secondary N) is 1. The quantitative estimate of drug-likeness (QED) is 0.880. The number of hydrogen-bond acceptors (Lipinski definition) is 3. The molecule has 3 nitrogen and oxygen atoms in total. The van der Waals surface area contributed by atoms with Gasteiger partial charge < -0.3 is 9.73 Å². The highest BCUT2D eigenvalue weighted by Gasteiger charge is 2.12. The van der Waals surface area contributed by atoms with E-state index in [0.717, 1.165) is 5.69 Å². The first kappa shape index (κ1) is 10.6. The Morgan fingerprint density at radius 2 is 2.19 bits per heavy atom. The van der Waals surface area contributed by atoms with E-state index in [1.165, 1.54) is 0 Å². The van der Waals surface area contributed by atoms with Crippen molar-refractivity contribution in [3.63, 3.8) is 0 Å². The normalized spacial score (nSPS) is 11.8. The lowest BCUT2D eigenvalue weighted by molar-refractivity contribution is 0.505. The highest BCUT2D eigenvalue weighted by atomic mass is 35.5. The van der Waals surface area contributed by atoms with Crippen LogP contribution in [0.25, 0.3) is 0 Å². The Hall–Kier alpha value is -1.92. The highest BCUT2D eigenvalue weighted by Crippen LogP contribution is 2.21. The summed E-state index contributed by atoms with van der Waals surface area (Å²) >= 11 is 5.85. The summed E-state index contributed by atoms with van der Waals surface area (Å²) in [5.41, 5.74) is 0.787. The van der Waals surface area contributed by atoms with Gasteiger partial charge >= 0.3 is 0 Å². The van der Waals surface area contributed by atoms with Gasteiger partial charge in [-0.3, -0.25) is 0 Å². The number of furan rings is 1. The second kappa shape index (κ2) is 4.73. The zero-order chi connectivity index (χ0) is 11.4. The lowest BCUT2D eigenvalue weighted by Gasteiger charge is -2.10. The molecule has 1 aromatic heterocycles. The Kier molecular flexibility index (Phi) is 3.13. The molecular weight excluding hydrogens is 224 g/mol. The van der Waals surface area contributed by atoms with Crippen LogP contribution in [0.5, 0.6) is 0 Å². The molecule has 4 heteroatoms. The molecular formula is C12H9ClN2O. The molecule has 0 aliphatic carbocycles. The van der Waals surface area contributed by atoms with Gasteiger partial charge in [-0.15, -0.1) is 0 Å². The first-order valence-electron chi connectivity index (χ1n) is 4.75. The molecule has 0 saturated carbocycles. The number of rotatable bonds is 3. The van der Waals surface area contributed by atoms with Crippen LogP contribution in [0.2, 0.25) is 5.02 Å². The fourth-order valence-corrected chi connectivity index (χ4v) is 1.56. The molecule has 0 radical (unpaired) electrons. The van der Waals surface area contributed by atoms with Gasteiger partial charge in [0.25, 0.3) is 0 Å². The fraction of sp³-hybridized carbons (Fsp3) is 0.0833. The van der Waals surface area contributed by atoms with Gasteiger partial charge in [0.1, 0.15) is 5.76 Å². The largest absolute Gasteiger partial charge is 0.466 e. The zero-order valence-corrected chi connectivity index (χ0v) is 9.11. The van der Waals surface area contributed by atoms with Gasteiger partial charge in [0.05, 0.1) is 12.3 Å². The van der Waals surface area contributed by atoms with Crippen molar-refractivity contribution in [1.29, 1.82) is 5.26 Å². The van der Waals surface area contributed by atoms with Crippen molar-refractivity contribution in [3.8, 4) is 6.07 Å². The van der Waals surface area contributed by atoms with Crippen LogP contribution in [-0.4, -0.2) is 0 Å². The van der Waals surface area contributed by atoms with Crippen molar-refractivity contribution in [3.05, 3.63) is 53.4 Å². The van der Waals surface area contributed by atoms with Crippen LogP contribution in [0, 0.1) is 11.3 Å². The minimum absolute atomic E-state index is 0.506. The molecule has 0 spiro atoms. The van der Waals surface area contributed by atoms with E-state index in [4.69, 9.17) is 21.3 Å². The van der Waals surface area contributed by atoms with Gasteiger partial charge in [-0.1, -0.05) is 17.7 Å². The number of nitriles is 1. The minimum atomic E-state index is -0.506. The minimum Gasteiger partial charge on any atom is -0.466 e. The smallest absolute Gasteiger partial charge is 0.173 e. The number of nitrogens with zero attached hydrogens (tertiary/aromatic N) is 1. The average Bonchev–Trinajstić information content (AvgIpc) is 2.79. The molecule has 1 atom stereocenters. The van der Waals surface area contributed by atoms with Crippen molar-refractivity contribution in [1.82, 2.24) is 0 Å². The fourth-order valence-electron chi connectivity index (χ4n) is 1.37. The van der Waals surface area contributed by atoms with E-state index in [1.807, 2.05) is 12.1 Å². The van der Waals surface area contributed by atoms with Crippen LogP contribution in [-0.2, 0) is 0 Å². The third kappa shape index (κ3) is 2.36. The highest BCUT2D eigenvalue weighted by molar-refractivity contribution is 6.30. The lowest BCUT2D eigenvalue weighted by atomic mass is 10.2. The van der Waals surface area contributed by atoms with Crippen LogP contribution < -0.4 is 5.32 Å². The summed E-state index contributed by atoms with van der Waals surface area (Å²) in [5, 5.41) is 12.7. The molecule has 2 rings (SSSR count). The monoisotopic (exact) mass is 232 g/mol. The van der Waals surface area contributed by atoms with Crippen LogP contribution in [0.3, 0.4) is 0 Å². The summed E-state index contributed by atoms with van der Waals surface area (Å²) in [4.78, 5) is 0. The van der Waals surface area contributed by atoms with Crippen LogP contribution >= 0.6 is 11.6 Å². The summed E-state index contributed by atoms with van der Waals surface area (Å²) in [6.07, 6.45) is 1.54. The molecule has 0 fully saturated rings. The Balaban J connectivity index is 2.17.